The van der Waals surface area contributed by atoms with Crippen molar-refractivity contribution in [3.8, 4) is 0 Å². The summed E-state index contributed by atoms with van der Waals surface area (Å²) in [6, 6.07) is 0. The van der Waals surface area contributed by atoms with Gasteiger partial charge in [-0.3, -0.25) is 0 Å². The Morgan fingerprint density at radius 3 is 1.90 bits per heavy atom. The van der Waals surface area contributed by atoms with E-state index in [2.05, 4.69) is 0 Å². The lowest BCUT2D eigenvalue weighted by molar-refractivity contribution is 0.524. The SMILES string of the molecule is CC(C)(C)/C(C=N)=C(/N)I. The Kier molecular flexibility index (Phi) is 3.35. The summed E-state index contributed by atoms with van der Waals surface area (Å²) in [6.45, 7) is 6.12. The van der Waals surface area contributed by atoms with Crippen LogP contribution in [0.2, 0.25) is 0 Å². The summed E-state index contributed by atoms with van der Waals surface area (Å²) in [5, 5.41) is 7.08. The van der Waals surface area contributed by atoms with E-state index in [9.17, 15) is 0 Å². The van der Waals surface area contributed by atoms with Gasteiger partial charge < -0.3 is 11.1 Å². The first-order valence-electron chi connectivity index (χ1n) is 3.06. The van der Waals surface area contributed by atoms with Gasteiger partial charge in [-0.05, 0) is 28.0 Å². The maximum Gasteiger partial charge on any atom is 0.0758 e. The molecule has 0 saturated heterocycles. The van der Waals surface area contributed by atoms with E-state index >= 15 is 0 Å². The predicted molar refractivity (Wildman–Crippen MR) is 53.5 cm³/mol. The van der Waals surface area contributed by atoms with Crippen LogP contribution < -0.4 is 5.73 Å². The van der Waals surface area contributed by atoms with Crippen molar-refractivity contribution in [2.45, 2.75) is 20.8 Å². The fourth-order valence-corrected chi connectivity index (χ4v) is 1.61. The van der Waals surface area contributed by atoms with Crippen molar-refractivity contribution in [1.29, 1.82) is 5.41 Å². The third-order valence-electron chi connectivity index (χ3n) is 1.21. The zero-order valence-electron chi connectivity index (χ0n) is 6.53. The molecule has 0 unspecified atom stereocenters. The molecule has 0 spiro atoms. The molecule has 0 amide bonds. The third-order valence-corrected chi connectivity index (χ3v) is 1.79. The maximum absolute atomic E-state index is 7.08. The van der Waals surface area contributed by atoms with Gasteiger partial charge in [0, 0.05) is 11.8 Å². The number of allylic oxidation sites excluding steroid dienone is 1. The van der Waals surface area contributed by atoms with E-state index in [-0.39, 0.29) is 5.41 Å². The summed E-state index contributed by atoms with van der Waals surface area (Å²) in [5.74, 6) is 0. The van der Waals surface area contributed by atoms with Crippen LogP contribution >= 0.6 is 22.6 Å². The molecule has 2 nitrogen and oxygen atoms in total. The zero-order chi connectivity index (χ0) is 8.36. The number of hydrogen-bond donors (Lipinski definition) is 2. The normalized spacial score (nSPS) is 14.4. The summed E-state index contributed by atoms with van der Waals surface area (Å²) >= 11 is 2.04. The molecular weight excluding hydrogens is 239 g/mol. The molecule has 0 fully saturated rings. The van der Waals surface area contributed by atoms with Crippen LogP contribution in [0, 0.1) is 10.8 Å². The highest BCUT2D eigenvalue weighted by Crippen LogP contribution is 2.26. The molecule has 0 bridgehead atoms. The van der Waals surface area contributed by atoms with Crippen LogP contribution in [0.15, 0.2) is 9.28 Å². The van der Waals surface area contributed by atoms with E-state index < -0.39 is 0 Å². The second-order valence-electron chi connectivity index (χ2n) is 3.16. The van der Waals surface area contributed by atoms with Gasteiger partial charge in [0.15, 0.2) is 0 Å². The Hall–Kier alpha value is -0.0600. The zero-order valence-corrected chi connectivity index (χ0v) is 8.69. The first-order valence-corrected chi connectivity index (χ1v) is 4.13. The van der Waals surface area contributed by atoms with Crippen molar-refractivity contribution in [2.24, 2.45) is 11.1 Å². The highest BCUT2D eigenvalue weighted by atomic mass is 127. The lowest BCUT2D eigenvalue weighted by atomic mass is 9.88. The van der Waals surface area contributed by atoms with Crippen LogP contribution in [0.5, 0.6) is 0 Å². The van der Waals surface area contributed by atoms with E-state index in [0.29, 0.717) is 3.70 Å². The molecule has 0 saturated carbocycles. The van der Waals surface area contributed by atoms with E-state index in [1.54, 1.807) is 0 Å². The van der Waals surface area contributed by atoms with Crippen LogP contribution in [0.3, 0.4) is 0 Å². The van der Waals surface area contributed by atoms with Crippen molar-refractivity contribution >= 4 is 28.8 Å². The van der Waals surface area contributed by atoms with Crippen LogP contribution in [-0.4, -0.2) is 6.21 Å². The molecule has 0 rings (SSSR count). The Labute approximate surface area is 75.5 Å². The lowest BCUT2D eigenvalue weighted by Gasteiger charge is -2.19. The number of halogens is 1. The van der Waals surface area contributed by atoms with E-state index in [1.165, 1.54) is 6.21 Å². The minimum atomic E-state index is -0.00692. The molecule has 0 aromatic rings. The average Bonchev–Trinajstić information content (AvgIpc) is 1.60. The highest BCUT2D eigenvalue weighted by Gasteiger charge is 2.16. The summed E-state index contributed by atoms with van der Waals surface area (Å²) in [4.78, 5) is 0. The molecule has 10 heavy (non-hydrogen) atoms. The van der Waals surface area contributed by atoms with E-state index in [0.717, 1.165) is 5.57 Å². The Bertz CT molecular complexity index is 161. The van der Waals surface area contributed by atoms with Crippen molar-refractivity contribution in [3.05, 3.63) is 9.28 Å². The molecule has 3 N–H and O–H groups in total. The molecule has 0 aliphatic heterocycles. The first kappa shape index (κ1) is 9.94. The molecule has 0 aromatic carbocycles. The van der Waals surface area contributed by atoms with Gasteiger partial charge in [0.25, 0.3) is 0 Å². The van der Waals surface area contributed by atoms with Crippen molar-refractivity contribution < 1.29 is 0 Å². The lowest BCUT2D eigenvalue weighted by Crippen LogP contribution is -2.14. The second-order valence-corrected chi connectivity index (χ2v) is 4.32. The standard InChI is InChI=1S/C7H13IN2/c1-7(2,3)5(4-9)6(8)10/h4,9H,10H2,1-3H3/b6-5+,9-4?. The monoisotopic (exact) mass is 252 g/mol. The number of nitrogens with two attached hydrogens (primary N) is 1. The fraction of sp³-hybridized carbons (Fsp3) is 0.571. The van der Waals surface area contributed by atoms with Crippen LogP contribution in [0.25, 0.3) is 0 Å². The number of nitrogens with one attached hydrogen (secondary N) is 1. The van der Waals surface area contributed by atoms with Crippen LogP contribution in [-0.2, 0) is 0 Å². The highest BCUT2D eigenvalue weighted by molar-refractivity contribution is 14.1. The van der Waals surface area contributed by atoms with Gasteiger partial charge >= 0.3 is 0 Å². The third kappa shape index (κ3) is 2.68. The van der Waals surface area contributed by atoms with Gasteiger partial charge in [-0.1, -0.05) is 20.8 Å². The maximum atomic E-state index is 7.08. The van der Waals surface area contributed by atoms with Gasteiger partial charge in [-0.15, -0.1) is 0 Å². The summed E-state index contributed by atoms with van der Waals surface area (Å²) in [5.41, 5.74) is 6.44. The minimum absolute atomic E-state index is 0.00692. The quantitative estimate of drug-likeness (QED) is 0.420. The van der Waals surface area contributed by atoms with Gasteiger partial charge in [-0.25, -0.2) is 0 Å². The van der Waals surface area contributed by atoms with Crippen LogP contribution in [0.1, 0.15) is 20.8 Å². The molecule has 0 aromatic heterocycles. The van der Waals surface area contributed by atoms with Gasteiger partial charge in [0.1, 0.15) is 0 Å². The Morgan fingerprint density at radius 2 is 1.90 bits per heavy atom. The van der Waals surface area contributed by atoms with Crippen molar-refractivity contribution in [3.63, 3.8) is 0 Å². The Morgan fingerprint density at radius 1 is 1.50 bits per heavy atom. The molecule has 0 aliphatic carbocycles. The summed E-state index contributed by atoms with van der Waals surface area (Å²) in [6.07, 6.45) is 1.32. The van der Waals surface area contributed by atoms with Crippen LogP contribution in [0.4, 0.5) is 0 Å². The Balaban J connectivity index is 4.71. The summed E-state index contributed by atoms with van der Waals surface area (Å²) < 4.78 is 0.708. The molecule has 0 heterocycles. The second kappa shape index (κ2) is 3.37. The average molecular weight is 252 g/mol. The number of hydrogen-bond acceptors (Lipinski definition) is 2. The smallest absolute Gasteiger partial charge is 0.0758 e. The minimum Gasteiger partial charge on any atom is -0.394 e. The van der Waals surface area contributed by atoms with Gasteiger partial charge in [-0.2, -0.15) is 0 Å². The van der Waals surface area contributed by atoms with E-state index in [1.807, 2.05) is 43.4 Å². The molecule has 0 atom stereocenters. The topological polar surface area (TPSA) is 49.9 Å². The van der Waals surface area contributed by atoms with Crippen molar-refractivity contribution in [2.75, 3.05) is 0 Å². The molecule has 3 heteroatoms. The molecule has 0 radical (unpaired) electrons. The van der Waals surface area contributed by atoms with Gasteiger partial charge in [0.05, 0.1) is 3.70 Å². The fourth-order valence-electron chi connectivity index (χ4n) is 0.644. The molecule has 58 valence electrons. The number of rotatable bonds is 1. The van der Waals surface area contributed by atoms with Gasteiger partial charge in [0.2, 0.25) is 0 Å². The summed E-state index contributed by atoms with van der Waals surface area (Å²) in [7, 11) is 0. The predicted octanol–water partition coefficient (Wildman–Crippen LogP) is 2.29. The van der Waals surface area contributed by atoms with Crippen molar-refractivity contribution in [1.82, 2.24) is 0 Å². The van der Waals surface area contributed by atoms with E-state index in [4.69, 9.17) is 11.1 Å². The first-order chi connectivity index (χ1) is 4.39. The molecular formula is C7H13IN2. The largest absolute Gasteiger partial charge is 0.394 e. The molecule has 0 aliphatic rings.